The quantitative estimate of drug-likeness (QED) is 0.101. The molecule has 1 atom stereocenters. The molecule has 0 radical (unpaired) electrons. The molecule has 0 spiro atoms. The number of carbonyl (C=O) groups is 1. The van der Waals surface area contributed by atoms with Gasteiger partial charge in [-0.3, -0.25) is 13.9 Å². The first kappa shape index (κ1) is 31.5. The molecule has 0 fully saturated rings. The van der Waals surface area contributed by atoms with Gasteiger partial charge in [-0.1, -0.05) is 51.5 Å². The zero-order valence-corrected chi connectivity index (χ0v) is 22.3. The normalized spacial score (nSPS) is 13.1. The number of carbonyl (C=O) groups excluding carboxylic acids is 1. The van der Waals surface area contributed by atoms with Crippen molar-refractivity contribution in [2.75, 3.05) is 32.6 Å². The highest BCUT2D eigenvalue weighted by Crippen LogP contribution is 2.53. The summed E-state index contributed by atoms with van der Waals surface area (Å²) < 4.78 is 46.9. The largest absolute Gasteiger partial charge is 0.352 e. The monoisotopic (exact) mass is 497 g/mol. The summed E-state index contributed by atoms with van der Waals surface area (Å²) in [7, 11) is -6.33. The fraction of sp³-hybridized carbons (Fsp3) is 0.864. The third kappa shape index (κ3) is 13.9. The van der Waals surface area contributed by atoms with Gasteiger partial charge < -0.3 is 23.4 Å². The van der Waals surface area contributed by atoms with Crippen molar-refractivity contribution in [1.29, 1.82) is 0 Å². The fourth-order valence-corrected chi connectivity index (χ4v) is 7.04. The number of rotatable bonds is 22. The van der Waals surface area contributed by atoms with E-state index in [1.165, 1.54) is 0 Å². The molecule has 32 heavy (non-hydrogen) atoms. The lowest BCUT2D eigenvalue weighted by atomic mass is 10.1. The minimum atomic E-state index is -3.42. The maximum atomic E-state index is 13.1. The molecule has 1 unspecified atom stereocenters. The maximum absolute atomic E-state index is 13.1. The Bertz CT molecular complexity index is 581. The lowest BCUT2D eigenvalue weighted by molar-refractivity contribution is -0.116. The lowest BCUT2D eigenvalue weighted by Gasteiger charge is -2.26. The number of unbranched alkanes of at least 4 members (excludes halogenated alkanes) is 7. The van der Waals surface area contributed by atoms with Crippen LogP contribution < -0.4 is 5.32 Å². The van der Waals surface area contributed by atoms with Gasteiger partial charge in [-0.25, -0.2) is 0 Å². The first-order valence-corrected chi connectivity index (χ1v) is 15.3. The molecule has 0 aromatic carbocycles. The molecule has 0 aromatic rings. The van der Waals surface area contributed by atoms with Crippen LogP contribution in [0.5, 0.6) is 0 Å². The van der Waals surface area contributed by atoms with E-state index in [0.717, 1.165) is 57.4 Å². The second-order valence-electron chi connectivity index (χ2n) is 7.39. The van der Waals surface area contributed by atoms with E-state index in [1.54, 1.807) is 13.8 Å². The molecule has 0 bridgehead atoms. The second-order valence-corrected chi connectivity index (χ2v) is 11.8. The highest BCUT2D eigenvalue weighted by molar-refractivity contribution is 7.54. The summed E-state index contributed by atoms with van der Waals surface area (Å²) in [5.74, 6) is -1.05. The molecule has 8 nitrogen and oxygen atoms in total. The molecule has 10 heteroatoms. The first-order chi connectivity index (χ1) is 15.3. The number of hydrogen-bond acceptors (Lipinski definition) is 7. The van der Waals surface area contributed by atoms with Crippen molar-refractivity contribution in [2.45, 2.75) is 91.3 Å². The van der Waals surface area contributed by atoms with Crippen molar-refractivity contribution >= 4 is 21.1 Å². The second kappa shape index (κ2) is 18.9. The van der Waals surface area contributed by atoms with Crippen molar-refractivity contribution in [2.24, 2.45) is 0 Å². The molecule has 0 rings (SSSR count). The van der Waals surface area contributed by atoms with Gasteiger partial charge >= 0.3 is 15.2 Å². The maximum Gasteiger partial charge on any atom is 0.352 e. The minimum Gasteiger partial charge on any atom is -0.338 e. The molecule has 190 valence electrons. The molecule has 0 aliphatic carbocycles. The Hall–Kier alpha value is -0.490. The number of nitrogens with one attached hydrogen (secondary N) is 1. The summed E-state index contributed by atoms with van der Waals surface area (Å²) in [4.78, 5) is 11.8. The Kier molecular flexibility index (Phi) is 18.6. The van der Waals surface area contributed by atoms with Crippen LogP contribution >= 0.6 is 15.2 Å². The predicted molar refractivity (Wildman–Crippen MR) is 130 cm³/mol. The van der Waals surface area contributed by atoms with Crippen LogP contribution in [-0.2, 0) is 32.0 Å². The van der Waals surface area contributed by atoms with Gasteiger partial charge in [0.1, 0.15) is 5.78 Å². The van der Waals surface area contributed by atoms with Crippen LogP contribution in [0, 0.1) is 0 Å². The Balaban J connectivity index is 4.21. The van der Waals surface area contributed by atoms with Crippen molar-refractivity contribution in [3.8, 4) is 0 Å². The summed E-state index contributed by atoms with van der Waals surface area (Å²) >= 11 is 0. The molecule has 0 heterocycles. The smallest absolute Gasteiger partial charge is 0.338 e. The predicted octanol–water partition coefficient (Wildman–Crippen LogP) is 6.66. The van der Waals surface area contributed by atoms with Gasteiger partial charge in [0.25, 0.3) is 0 Å². The number of amides is 1. The van der Waals surface area contributed by atoms with Crippen LogP contribution in [0.15, 0.2) is 12.7 Å². The van der Waals surface area contributed by atoms with Crippen LogP contribution in [-0.4, -0.2) is 44.3 Å². The molecule has 0 aromatic heterocycles. The van der Waals surface area contributed by atoms with Crippen LogP contribution in [0.1, 0.15) is 85.5 Å². The van der Waals surface area contributed by atoms with E-state index < -0.39 is 21.0 Å². The van der Waals surface area contributed by atoms with Gasteiger partial charge in [0.15, 0.2) is 0 Å². The summed E-state index contributed by atoms with van der Waals surface area (Å²) in [6.07, 6.45) is 10.2. The molecule has 1 amide bonds. The third-order valence-electron chi connectivity index (χ3n) is 4.81. The van der Waals surface area contributed by atoms with Gasteiger partial charge in [-0.05, 0) is 46.6 Å². The van der Waals surface area contributed by atoms with Crippen LogP contribution in [0.4, 0.5) is 0 Å². The standard InChI is InChI=1S/C22H45NO7P2/c1-6-21(24)23-22(32(26,29-9-4)30-10-5)19-17-15-13-11-12-14-16-18-20-31(25,27-7-2)28-8-3/h6,22H,1,7-20H2,2-5H3,(H,23,24). The van der Waals surface area contributed by atoms with Crippen molar-refractivity contribution < 1.29 is 32.0 Å². The SMILES string of the molecule is C=CC(=O)NC(CCCCCCCCCCP(=O)(OCC)OCC)P(=O)(OCC)OCC. The summed E-state index contributed by atoms with van der Waals surface area (Å²) in [5.41, 5.74) is 0. The average Bonchev–Trinajstić information content (AvgIpc) is 2.74. The Morgan fingerprint density at radius 2 is 1.22 bits per heavy atom. The topological polar surface area (TPSA) is 100 Å². The molecular weight excluding hydrogens is 452 g/mol. The third-order valence-corrected chi connectivity index (χ3v) is 9.36. The van der Waals surface area contributed by atoms with E-state index in [1.807, 2.05) is 13.8 Å². The molecule has 0 saturated carbocycles. The Labute approximate surface area is 195 Å². The first-order valence-electron chi connectivity index (χ1n) is 12.0. The molecule has 0 aliphatic rings. The van der Waals surface area contributed by atoms with Crippen molar-refractivity contribution in [3.63, 3.8) is 0 Å². The summed E-state index contributed by atoms with van der Waals surface area (Å²) in [6, 6.07) is 0. The van der Waals surface area contributed by atoms with E-state index >= 15 is 0 Å². The van der Waals surface area contributed by atoms with Crippen LogP contribution in [0.2, 0.25) is 0 Å². The summed E-state index contributed by atoms with van der Waals surface area (Å²) in [6.45, 7) is 11.9. The Morgan fingerprint density at radius 3 is 1.66 bits per heavy atom. The Morgan fingerprint density at radius 1 is 0.781 bits per heavy atom. The van der Waals surface area contributed by atoms with Gasteiger partial charge in [-0.15, -0.1) is 0 Å². The zero-order valence-electron chi connectivity index (χ0n) is 20.5. The van der Waals surface area contributed by atoms with E-state index in [-0.39, 0.29) is 19.1 Å². The summed E-state index contributed by atoms with van der Waals surface area (Å²) in [5, 5.41) is 2.72. The van der Waals surface area contributed by atoms with Crippen LogP contribution in [0.25, 0.3) is 0 Å². The van der Waals surface area contributed by atoms with Gasteiger partial charge in [-0.2, -0.15) is 0 Å². The highest BCUT2D eigenvalue weighted by Gasteiger charge is 2.35. The van der Waals surface area contributed by atoms with Gasteiger partial charge in [0.2, 0.25) is 5.91 Å². The van der Waals surface area contributed by atoms with E-state index in [0.29, 0.717) is 25.8 Å². The molecule has 0 aliphatic heterocycles. The molecule has 0 saturated heterocycles. The lowest BCUT2D eigenvalue weighted by Crippen LogP contribution is -2.34. The van der Waals surface area contributed by atoms with Gasteiger partial charge in [0.05, 0.1) is 32.6 Å². The average molecular weight is 498 g/mol. The van der Waals surface area contributed by atoms with E-state index in [2.05, 4.69) is 11.9 Å². The fourth-order valence-electron chi connectivity index (χ4n) is 3.37. The minimum absolute atomic E-state index is 0.252. The molecule has 1 N–H and O–H groups in total. The number of hydrogen-bond donors (Lipinski definition) is 1. The van der Waals surface area contributed by atoms with E-state index in [9.17, 15) is 13.9 Å². The van der Waals surface area contributed by atoms with Crippen LogP contribution in [0.3, 0.4) is 0 Å². The highest BCUT2D eigenvalue weighted by atomic mass is 31.2. The molecular formula is C22H45NO7P2. The van der Waals surface area contributed by atoms with E-state index in [4.69, 9.17) is 18.1 Å². The van der Waals surface area contributed by atoms with Gasteiger partial charge in [0, 0.05) is 0 Å². The van der Waals surface area contributed by atoms with Crippen molar-refractivity contribution in [1.82, 2.24) is 5.32 Å². The van der Waals surface area contributed by atoms with Crippen molar-refractivity contribution in [3.05, 3.63) is 12.7 Å². The zero-order chi connectivity index (χ0) is 24.3.